The van der Waals surface area contributed by atoms with Crippen LogP contribution in [0, 0.1) is 11.3 Å². The fourth-order valence-corrected chi connectivity index (χ4v) is 8.17. The number of benzene rings is 7. The average Bonchev–Trinajstić information content (AvgIpc) is 3.52. The number of nitrogens with two attached hydrogens (primary N) is 2. The summed E-state index contributed by atoms with van der Waals surface area (Å²) in [5, 5.41) is 14.2. The quantitative estimate of drug-likeness (QED) is 0.0904. The smallest absolute Gasteiger partial charge is 0.0988 e. The fourth-order valence-electron chi connectivity index (χ4n) is 8.17. The highest BCUT2D eigenvalue weighted by Gasteiger charge is 2.47. The van der Waals surface area contributed by atoms with Crippen molar-refractivity contribution in [3.05, 3.63) is 222 Å². The molecule has 7 aromatic carbocycles. The first-order chi connectivity index (χ1) is 26.2. The summed E-state index contributed by atoms with van der Waals surface area (Å²) in [6, 6.07) is 57.5. The number of unbranched alkanes of at least 4 members (excludes halogenated alkanes) is 1. The molecule has 0 aromatic heterocycles. The lowest BCUT2D eigenvalue weighted by molar-refractivity contribution is 0.769. The molecule has 8 rings (SSSR count). The molecule has 0 saturated carbocycles. The molecule has 3 nitrogen and oxygen atoms in total. The molecule has 0 spiro atoms. The van der Waals surface area contributed by atoms with Gasteiger partial charge in [-0.25, -0.2) is 0 Å². The second-order valence-corrected chi connectivity index (χ2v) is 13.4. The molecule has 0 saturated heterocycles. The van der Waals surface area contributed by atoms with Crippen LogP contribution in [-0.4, -0.2) is 0 Å². The molecule has 7 aromatic rings. The Balaban J connectivity index is 1.37. The Morgan fingerprint density at radius 2 is 1.25 bits per heavy atom. The van der Waals surface area contributed by atoms with Gasteiger partial charge in [0, 0.05) is 11.8 Å². The first-order valence-corrected chi connectivity index (χ1v) is 18.1. The van der Waals surface area contributed by atoms with Crippen molar-refractivity contribution in [3.63, 3.8) is 0 Å². The molecule has 0 aliphatic heterocycles. The molecule has 0 fully saturated rings. The predicted octanol–water partition coefficient (Wildman–Crippen LogP) is 11.6. The number of nitriles is 1. The summed E-state index contributed by atoms with van der Waals surface area (Å²) in [6.07, 6.45) is 12.3. The third kappa shape index (κ3) is 5.81. The van der Waals surface area contributed by atoms with Crippen molar-refractivity contribution in [2.45, 2.75) is 18.3 Å². The first kappa shape index (κ1) is 33.3. The third-order valence-electron chi connectivity index (χ3n) is 10.5. The van der Waals surface area contributed by atoms with Crippen LogP contribution in [0.5, 0.6) is 0 Å². The van der Waals surface area contributed by atoms with Crippen LogP contribution in [0.3, 0.4) is 0 Å². The molecule has 3 heteroatoms. The van der Waals surface area contributed by atoms with Crippen LogP contribution >= 0.6 is 0 Å². The normalized spacial score (nSPS) is 13.8. The highest BCUT2D eigenvalue weighted by molar-refractivity contribution is 6.09. The fraction of sp³-hybridized carbons (Fsp3) is 0.0600. The molecule has 254 valence electrons. The van der Waals surface area contributed by atoms with Crippen molar-refractivity contribution in [2.24, 2.45) is 11.5 Å². The molecule has 0 heterocycles. The minimum Gasteiger partial charge on any atom is -0.405 e. The van der Waals surface area contributed by atoms with E-state index in [4.69, 9.17) is 11.5 Å². The Morgan fingerprint density at radius 1 is 0.604 bits per heavy atom. The van der Waals surface area contributed by atoms with Gasteiger partial charge < -0.3 is 11.5 Å². The van der Waals surface area contributed by atoms with E-state index in [0.717, 1.165) is 22.9 Å². The zero-order chi connectivity index (χ0) is 36.2. The Morgan fingerprint density at radius 3 is 1.94 bits per heavy atom. The van der Waals surface area contributed by atoms with E-state index in [9.17, 15) is 5.26 Å². The number of hydrogen-bond donors (Lipinski definition) is 2. The number of rotatable bonds is 9. The van der Waals surface area contributed by atoms with E-state index in [-0.39, 0.29) is 0 Å². The lowest BCUT2D eigenvalue weighted by Gasteiger charge is -2.34. The lowest BCUT2D eigenvalue weighted by atomic mass is 9.67. The Kier molecular flexibility index (Phi) is 9.03. The summed E-state index contributed by atoms with van der Waals surface area (Å²) < 4.78 is 0. The van der Waals surface area contributed by atoms with Gasteiger partial charge in [0.1, 0.15) is 0 Å². The summed E-state index contributed by atoms with van der Waals surface area (Å²) in [7, 11) is 0. The second-order valence-electron chi connectivity index (χ2n) is 13.4. The van der Waals surface area contributed by atoms with E-state index in [2.05, 4.69) is 170 Å². The summed E-state index contributed by atoms with van der Waals surface area (Å²) in [5.41, 5.74) is 23.7. The third-order valence-corrected chi connectivity index (χ3v) is 10.5. The molecule has 1 aliphatic carbocycles. The average molecular weight is 682 g/mol. The Labute approximate surface area is 311 Å². The van der Waals surface area contributed by atoms with Gasteiger partial charge in [-0.2, -0.15) is 5.26 Å². The summed E-state index contributed by atoms with van der Waals surface area (Å²) >= 11 is 0. The second kappa shape index (κ2) is 14.4. The minimum atomic E-state index is -0.600. The zero-order valence-electron chi connectivity index (χ0n) is 29.4. The molecule has 53 heavy (non-hydrogen) atoms. The van der Waals surface area contributed by atoms with E-state index in [0.29, 0.717) is 12.0 Å². The van der Waals surface area contributed by atoms with Crippen molar-refractivity contribution >= 4 is 27.1 Å². The standard InChI is InChI=1S/C50H39N3/c51-29-28-35(33-52)14-4-1-5-17-40(34-53)46-32-48-49(44-23-13-12-22-43(44)46)45-27-26-39(38-25-24-36-15-10-11-16-37(36)30-38)31-47(45)50(48,41-18-6-2-7-19-41)42-20-8-3-9-21-42/h2-3,5-32,34H,1,4,51,53H2/b17-5-,29-28-,35-14+,40-34+. The molecule has 1 aliphatic rings. The lowest BCUT2D eigenvalue weighted by Crippen LogP contribution is -2.28. The molecular formula is C50H39N3. The summed E-state index contributed by atoms with van der Waals surface area (Å²) in [4.78, 5) is 0. The van der Waals surface area contributed by atoms with Gasteiger partial charge in [-0.05, 0) is 121 Å². The van der Waals surface area contributed by atoms with E-state index in [1.165, 1.54) is 66.9 Å². The van der Waals surface area contributed by atoms with E-state index in [1.54, 1.807) is 12.3 Å². The molecule has 0 radical (unpaired) electrons. The number of fused-ring (bicyclic) bond motifs is 6. The SMILES string of the molecule is N#CC(/C=C\N)=C/CC/C=C\C(=C/N)c1cc2c(c3ccccc13)-c1ccc(-c3ccc4ccccc4c3)cc1C2(c1ccccc1)c1ccccc1. The van der Waals surface area contributed by atoms with E-state index in [1.807, 2.05) is 6.08 Å². The predicted molar refractivity (Wildman–Crippen MR) is 222 cm³/mol. The maximum Gasteiger partial charge on any atom is 0.0988 e. The molecule has 0 unspecified atom stereocenters. The van der Waals surface area contributed by atoms with Gasteiger partial charge >= 0.3 is 0 Å². The van der Waals surface area contributed by atoms with Crippen LogP contribution in [0.4, 0.5) is 0 Å². The molecule has 0 bridgehead atoms. The number of allylic oxidation sites excluding steroid dienone is 6. The van der Waals surface area contributed by atoms with Crippen molar-refractivity contribution < 1.29 is 0 Å². The Bertz CT molecular complexity index is 2600. The number of hydrogen-bond acceptors (Lipinski definition) is 3. The van der Waals surface area contributed by atoms with Gasteiger partial charge in [-0.15, -0.1) is 0 Å². The van der Waals surface area contributed by atoms with Crippen LogP contribution in [0.1, 0.15) is 40.7 Å². The molecule has 0 amide bonds. The van der Waals surface area contributed by atoms with Gasteiger partial charge in [0.05, 0.1) is 11.5 Å². The molecule has 0 atom stereocenters. The highest BCUT2D eigenvalue weighted by Crippen LogP contribution is 2.59. The van der Waals surface area contributed by atoms with Crippen LogP contribution in [0.25, 0.3) is 49.4 Å². The van der Waals surface area contributed by atoms with Gasteiger partial charge in [0.25, 0.3) is 0 Å². The highest BCUT2D eigenvalue weighted by atomic mass is 14.5. The largest absolute Gasteiger partial charge is 0.405 e. The van der Waals surface area contributed by atoms with E-state index >= 15 is 0 Å². The van der Waals surface area contributed by atoms with Crippen molar-refractivity contribution in [1.29, 1.82) is 5.26 Å². The van der Waals surface area contributed by atoms with Gasteiger partial charge in [0.15, 0.2) is 0 Å². The van der Waals surface area contributed by atoms with Crippen molar-refractivity contribution in [2.75, 3.05) is 0 Å². The Hall–Kier alpha value is -6.89. The summed E-state index contributed by atoms with van der Waals surface area (Å²) in [5.74, 6) is 0. The monoisotopic (exact) mass is 681 g/mol. The van der Waals surface area contributed by atoms with Crippen LogP contribution in [0.15, 0.2) is 194 Å². The number of nitrogens with zero attached hydrogens (tertiary/aromatic N) is 1. The van der Waals surface area contributed by atoms with E-state index < -0.39 is 5.41 Å². The van der Waals surface area contributed by atoms with Crippen LogP contribution < -0.4 is 11.5 Å². The zero-order valence-corrected chi connectivity index (χ0v) is 29.4. The van der Waals surface area contributed by atoms with Crippen molar-refractivity contribution in [1.82, 2.24) is 0 Å². The van der Waals surface area contributed by atoms with Gasteiger partial charge in [-0.1, -0.05) is 152 Å². The van der Waals surface area contributed by atoms with Crippen LogP contribution in [0.2, 0.25) is 0 Å². The maximum absolute atomic E-state index is 9.38. The molecule has 4 N–H and O–H groups in total. The van der Waals surface area contributed by atoms with Gasteiger partial charge in [-0.3, -0.25) is 0 Å². The van der Waals surface area contributed by atoms with Crippen molar-refractivity contribution in [3.8, 4) is 28.3 Å². The maximum atomic E-state index is 9.38. The van der Waals surface area contributed by atoms with Crippen LogP contribution in [-0.2, 0) is 5.41 Å². The minimum absolute atomic E-state index is 0.557. The molecular weight excluding hydrogens is 643 g/mol. The topological polar surface area (TPSA) is 75.8 Å². The first-order valence-electron chi connectivity index (χ1n) is 18.1. The summed E-state index contributed by atoms with van der Waals surface area (Å²) in [6.45, 7) is 0. The van der Waals surface area contributed by atoms with Gasteiger partial charge in [0.2, 0.25) is 0 Å².